The van der Waals surface area contributed by atoms with Crippen LogP contribution in [0.5, 0.6) is 0 Å². The fourth-order valence-electron chi connectivity index (χ4n) is 3.08. The minimum Gasteiger partial charge on any atom is -0.313 e. The Morgan fingerprint density at radius 2 is 2.00 bits per heavy atom. The summed E-state index contributed by atoms with van der Waals surface area (Å²) in [4.78, 5) is 2.55. The Bertz CT molecular complexity index is 336. The second-order valence-electron chi connectivity index (χ2n) is 5.38. The zero-order valence-electron chi connectivity index (χ0n) is 11.7. The van der Waals surface area contributed by atoms with Crippen molar-refractivity contribution in [1.29, 1.82) is 0 Å². The van der Waals surface area contributed by atoms with Crippen LogP contribution >= 0.6 is 0 Å². The molecule has 100 valence electrons. The first-order valence-corrected chi connectivity index (χ1v) is 7.29. The van der Waals surface area contributed by atoms with E-state index in [4.69, 9.17) is 0 Å². The van der Waals surface area contributed by atoms with Crippen LogP contribution in [0.2, 0.25) is 0 Å². The Balaban J connectivity index is 1.82. The quantitative estimate of drug-likeness (QED) is 0.830. The number of rotatable bonds is 6. The molecule has 0 aliphatic heterocycles. The molecule has 2 nitrogen and oxygen atoms in total. The van der Waals surface area contributed by atoms with Crippen molar-refractivity contribution in [1.82, 2.24) is 10.2 Å². The fourth-order valence-corrected chi connectivity index (χ4v) is 3.08. The zero-order valence-corrected chi connectivity index (χ0v) is 11.7. The summed E-state index contributed by atoms with van der Waals surface area (Å²) in [6.45, 7) is 4.46. The van der Waals surface area contributed by atoms with Gasteiger partial charge in [0.1, 0.15) is 0 Å². The minimum absolute atomic E-state index is 0.704. The Morgan fingerprint density at radius 3 is 2.72 bits per heavy atom. The lowest BCUT2D eigenvalue weighted by molar-refractivity contribution is 0.215. The Kier molecular flexibility index (Phi) is 5.21. The lowest BCUT2D eigenvalue weighted by atomic mass is 10.1. The third-order valence-electron chi connectivity index (χ3n) is 4.11. The van der Waals surface area contributed by atoms with Crippen LogP contribution in [0.25, 0.3) is 0 Å². The number of benzene rings is 1. The molecule has 1 aliphatic rings. The Hall–Kier alpha value is -0.860. The van der Waals surface area contributed by atoms with Gasteiger partial charge in [-0.15, -0.1) is 0 Å². The first-order valence-electron chi connectivity index (χ1n) is 7.29. The summed E-state index contributed by atoms with van der Waals surface area (Å²) >= 11 is 0. The maximum atomic E-state index is 3.63. The smallest absolute Gasteiger partial charge is 0.0246 e. The van der Waals surface area contributed by atoms with Crippen LogP contribution in [-0.2, 0) is 6.42 Å². The van der Waals surface area contributed by atoms with Gasteiger partial charge in [-0.2, -0.15) is 0 Å². The minimum atomic E-state index is 0.704. The molecule has 0 radical (unpaired) electrons. The molecular formula is C16H26N2. The summed E-state index contributed by atoms with van der Waals surface area (Å²) in [5.41, 5.74) is 1.45. The third kappa shape index (κ3) is 3.56. The third-order valence-corrected chi connectivity index (χ3v) is 4.11. The molecule has 1 aromatic rings. The molecule has 2 rings (SSSR count). The Morgan fingerprint density at radius 1 is 1.22 bits per heavy atom. The second kappa shape index (κ2) is 6.91. The molecule has 1 N–H and O–H groups in total. The van der Waals surface area contributed by atoms with Gasteiger partial charge < -0.3 is 10.2 Å². The van der Waals surface area contributed by atoms with Gasteiger partial charge in [-0.3, -0.25) is 0 Å². The van der Waals surface area contributed by atoms with Crippen LogP contribution in [-0.4, -0.2) is 37.1 Å². The van der Waals surface area contributed by atoms with Crippen molar-refractivity contribution in [3.8, 4) is 0 Å². The van der Waals surface area contributed by atoms with Crippen molar-refractivity contribution >= 4 is 0 Å². The van der Waals surface area contributed by atoms with Crippen molar-refractivity contribution in [2.75, 3.05) is 20.1 Å². The van der Waals surface area contributed by atoms with Crippen molar-refractivity contribution < 1.29 is 0 Å². The highest BCUT2D eigenvalue weighted by atomic mass is 15.2. The molecule has 2 heteroatoms. The molecule has 0 aromatic heterocycles. The number of likely N-dealkylation sites (N-methyl/N-ethyl adjacent to an activating group) is 2. The van der Waals surface area contributed by atoms with E-state index in [0.29, 0.717) is 6.04 Å². The van der Waals surface area contributed by atoms with Crippen LogP contribution in [0.4, 0.5) is 0 Å². The molecule has 1 saturated carbocycles. The molecule has 1 aliphatic carbocycles. The first kappa shape index (κ1) is 13.6. The highest BCUT2D eigenvalue weighted by Gasteiger charge is 2.29. The van der Waals surface area contributed by atoms with Crippen molar-refractivity contribution in [3.05, 3.63) is 35.9 Å². The lowest BCUT2D eigenvalue weighted by Gasteiger charge is -2.30. The fraction of sp³-hybridized carbons (Fsp3) is 0.625. The predicted molar refractivity (Wildman–Crippen MR) is 77.9 cm³/mol. The zero-order chi connectivity index (χ0) is 12.8. The van der Waals surface area contributed by atoms with Crippen LogP contribution < -0.4 is 5.32 Å². The van der Waals surface area contributed by atoms with Crippen molar-refractivity contribution in [2.24, 2.45) is 0 Å². The van der Waals surface area contributed by atoms with Crippen LogP contribution in [0, 0.1) is 0 Å². The summed E-state index contributed by atoms with van der Waals surface area (Å²) in [6, 6.07) is 12.2. The standard InChI is InChI=1S/C16H26N2/c1-3-17-15-10-7-11-16(15)18(2)13-12-14-8-5-4-6-9-14/h4-6,8-9,15-17H,3,7,10-13H2,1-2H3. The summed E-state index contributed by atoms with van der Waals surface area (Å²) in [7, 11) is 2.28. The van der Waals surface area contributed by atoms with E-state index in [1.54, 1.807) is 0 Å². The topological polar surface area (TPSA) is 15.3 Å². The molecule has 0 heterocycles. The average molecular weight is 246 g/mol. The monoisotopic (exact) mass is 246 g/mol. The van der Waals surface area contributed by atoms with E-state index < -0.39 is 0 Å². The Labute approximate surface area is 111 Å². The number of nitrogens with one attached hydrogen (secondary N) is 1. The molecule has 2 unspecified atom stereocenters. The van der Waals surface area contributed by atoms with Crippen molar-refractivity contribution in [2.45, 2.75) is 44.7 Å². The highest BCUT2D eigenvalue weighted by Crippen LogP contribution is 2.23. The van der Waals surface area contributed by atoms with Crippen LogP contribution in [0.15, 0.2) is 30.3 Å². The van der Waals surface area contributed by atoms with Gasteiger partial charge >= 0.3 is 0 Å². The van der Waals surface area contributed by atoms with Gasteiger partial charge in [0.2, 0.25) is 0 Å². The van der Waals surface area contributed by atoms with Gasteiger partial charge in [-0.1, -0.05) is 43.7 Å². The average Bonchev–Trinajstić information content (AvgIpc) is 2.86. The van der Waals surface area contributed by atoms with E-state index in [-0.39, 0.29) is 0 Å². The molecule has 0 spiro atoms. The first-order chi connectivity index (χ1) is 8.81. The molecular weight excluding hydrogens is 220 g/mol. The maximum absolute atomic E-state index is 3.63. The molecule has 0 amide bonds. The summed E-state index contributed by atoms with van der Waals surface area (Å²) < 4.78 is 0. The van der Waals surface area contributed by atoms with Gasteiger partial charge in [-0.05, 0) is 38.4 Å². The van der Waals surface area contributed by atoms with Gasteiger partial charge in [0.15, 0.2) is 0 Å². The summed E-state index contributed by atoms with van der Waals surface area (Å²) in [5.74, 6) is 0. The molecule has 2 atom stereocenters. The second-order valence-corrected chi connectivity index (χ2v) is 5.38. The molecule has 1 aromatic carbocycles. The van der Waals surface area contributed by atoms with Gasteiger partial charge in [-0.25, -0.2) is 0 Å². The van der Waals surface area contributed by atoms with E-state index in [2.05, 4.69) is 54.5 Å². The van der Waals surface area contributed by atoms with Gasteiger partial charge in [0.05, 0.1) is 0 Å². The van der Waals surface area contributed by atoms with Gasteiger partial charge in [0, 0.05) is 18.6 Å². The summed E-state index contributed by atoms with van der Waals surface area (Å²) in [6.07, 6.45) is 5.22. The van der Waals surface area contributed by atoms with E-state index >= 15 is 0 Å². The molecule has 0 bridgehead atoms. The largest absolute Gasteiger partial charge is 0.313 e. The number of hydrogen-bond donors (Lipinski definition) is 1. The lowest BCUT2D eigenvalue weighted by Crippen LogP contribution is -2.45. The normalized spacial score (nSPS) is 23.7. The van der Waals surface area contributed by atoms with E-state index in [1.807, 2.05) is 0 Å². The van der Waals surface area contributed by atoms with E-state index in [0.717, 1.165) is 25.6 Å². The predicted octanol–water partition coefficient (Wildman–Crippen LogP) is 2.69. The molecule has 0 saturated heterocycles. The van der Waals surface area contributed by atoms with Crippen LogP contribution in [0.3, 0.4) is 0 Å². The SMILES string of the molecule is CCNC1CCCC1N(C)CCc1ccccc1. The highest BCUT2D eigenvalue weighted by molar-refractivity contribution is 5.14. The summed E-state index contributed by atoms with van der Waals surface area (Å²) in [5, 5.41) is 3.63. The van der Waals surface area contributed by atoms with Crippen molar-refractivity contribution in [3.63, 3.8) is 0 Å². The van der Waals surface area contributed by atoms with E-state index in [9.17, 15) is 0 Å². The molecule has 1 fully saturated rings. The van der Waals surface area contributed by atoms with Crippen LogP contribution in [0.1, 0.15) is 31.7 Å². The van der Waals surface area contributed by atoms with Gasteiger partial charge in [0.25, 0.3) is 0 Å². The number of nitrogens with zero attached hydrogens (tertiary/aromatic N) is 1. The van der Waals surface area contributed by atoms with E-state index in [1.165, 1.54) is 24.8 Å². The maximum Gasteiger partial charge on any atom is 0.0246 e. The molecule has 18 heavy (non-hydrogen) atoms. The number of hydrogen-bond acceptors (Lipinski definition) is 2.